The Hall–Kier alpha value is -2.13. The van der Waals surface area contributed by atoms with Crippen LogP contribution >= 0.6 is 0 Å². The van der Waals surface area contributed by atoms with Crippen LogP contribution < -0.4 is 10.6 Å². The molecule has 1 heterocycles. The quantitative estimate of drug-likeness (QED) is 0.643. The lowest BCUT2D eigenvalue weighted by molar-refractivity contribution is 0.232. The molecule has 0 bridgehead atoms. The van der Waals surface area contributed by atoms with E-state index in [1.165, 1.54) is 38.4 Å². The van der Waals surface area contributed by atoms with Gasteiger partial charge in [0.1, 0.15) is 5.82 Å². The molecule has 124 valence electrons. The molecular formula is C17H24FN5. The van der Waals surface area contributed by atoms with E-state index in [-0.39, 0.29) is 5.82 Å². The highest BCUT2D eigenvalue weighted by molar-refractivity contribution is 5.79. The van der Waals surface area contributed by atoms with Gasteiger partial charge in [0.05, 0.1) is 11.6 Å². The van der Waals surface area contributed by atoms with Crippen molar-refractivity contribution in [1.29, 1.82) is 5.26 Å². The smallest absolute Gasteiger partial charge is 0.191 e. The summed E-state index contributed by atoms with van der Waals surface area (Å²) in [5, 5.41) is 15.1. The number of halogens is 1. The number of piperidine rings is 1. The van der Waals surface area contributed by atoms with Gasteiger partial charge in [-0.3, -0.25) is 4.99 Å². The average Bonchev–Trinajstić information content (AvgIpc) is 2.59. The largest absolute Gasteiger partial charge is 0.355 e. The summed E-state index contributed by atoms with van der Waals surface area (Å²) < 4.78 is 13.8. The Morgan fingerprint density at radius 2 is 2.09 bits per heavy atom. The number of likely N-dealkylation sites (tertiary alicyclic amines) is 1. The van der Waals surface area contributed by atoms with E-state index in [1.807, 2.05) is 6.07 Å². The third-order valence-electron chi connectivity index (χ3n) is 4.02. The highest BCUT2D eigenvalue weighted by atomic mass is 19.1. The summed E-state index contributed by atoms with van der Waals surface area (Å²) in [7, 11) is 1.70. The first-order valence-corrected chi connectivity index (χ1v) is 8.08. The van der Waals surface area contributed by atoms with E-state index in [0.717, 1.165) is 13.1 Å². The van der Waals surface area contributed by atoms with Crippen molar-refractivity contribution >= 4 is 5.96 Å². The first-order valence-electron chi connectivity index (χ1n) is 8.08. The fourth-order valence-electron chi connectivity index (χ4n) is 2.68. The van der Waals surface area contributed by atoms with Crippen LogP contribution in [-0.4, -0.2) is 44.1 Å². The minimum atomic E-state index is -0.375. The molecule has 6 heteroatoms. The molecule has 0 aliphatic carbocycles. The number of benzene rings is 1. The second kappa shape index (κ2) is 9.11. The summed E-state index contributed by atoms with van der Waals surface area (Å²) in [4.78, 5) is 6.60. The van der Waals surface area contributed by atoms with Gasteiger partial charge in [-0.2, -0.15) is 5.26 Å². The lowest BCUT2D eigenvalue weighted by Crippen LogP contribution is -2.42. The first-order chi connectivity index (χ1) is 11.2. The molecule has 0 spiro atoms. The Labute approximate surface area is 137 Å². The molecule has 2 rings (SSSR count). The molecular weight excluding hydrogens is 293 g/mol. The van der Waals surface area contributed by atoms with Crippen molar-refractivity contribution in [3.05, 3.63) is 35.1 Å². The standard InChI is InChI=1S/C17H24FN5/c1-20-17(21-7-10-23-8-3-2-4-9-23)22-13-15-6-5-14(12-19)11-16(15)18/h5-6,11H,2-4,7-10,13H2,1H3,(H2,20,21,22). The number of nitrogens with one attached hydrogen (secondary N) is 2. The maximum Gasteiger partial charge on any atom is 0.191 e. The Morgan fingerprint density at radius 1 is 1.30 bits per heavy atom. The molecule has 0 atom stereocenters. The molecule has 23 heavy (non-hydrogen) atoms. The third-order valence-corrected chi connectivity index (χ3v) is 4.02. The molecule has 2 N–H and O–H groups in total. The zero-order chi connectivity index (χ0) is 16.5. The molecule has 0 radical (unpaired) electrons. The zero-order valence-electron chi connectivity index (χ0n) is 13.6. The van der Waals surface area contributed by atoms with Crippen LogP contribution in [0.4, 0.5) is 4.39 Å². The summed E-state index contributed by atoms with van der Waals surface area (Å²) in [6.07, 6.45) is 3.90. The maximum atomic E-state index is 13.8. The summed E-state index contributed by atoms with van der Waals surface area (Å²) in [6.45, 7) is 4.48. The molecule has 1 fully saturated rings. The van der Waals surface area contributed by atoms with Crippen molar-refractivity contribution in [2.24, 2.45) is 4.99 Å². The van der Waals surface area contributed by atoms with Gasteiger partial charge in [0.2, 0.25) is 0 Å². The van der Waals surface area contributed by atoms with Crippen molar-refractivity contribution in [2.75, 3.05) is 33.2 Å². The molecule has 0 amide bonds. The minimum Gasteiger partial charge on any atom is -0.355 e. The summed E-state index contributed by atoms with van der Waals surface area (Å²) in [5.74, 6) is 0.283. The normalized spacial score (nSPS) is 16.0. The number of hydrogen-bond acceptors (Lipinski definition) is 3. The van der Waals surface area contributed by atoms with Crippen LogP contribution in [0.25, 0.3) is 0 Å². The number of rotatable bonds is 5. The van der Waals surface area contributed by atoms with Gasteiger partial charge in [-0.1, -0.05) is 12.5 Å². The van der Waals surface area contributed by atoms with Gasteiger partial charge in [0.25, 0.3) is 0 Å². The third kappa shape index (κ3) is 5.53. The minimum absolute atomic E-state index is 0.329. The fourth-order valence-corrected chi connectivity index (χ4v) is 2.68. The van der Waals surface area contributed by atoms with Crippen LogP contribution in [0.3, 0.4) is 0 Å². The number of guanidine groups is 1. The van der Waals surface area contributed by atoms with Crippen molar-refractivity contribution < 1.29 is 4.39 Å². The lowest BCUT2D eigenvalue weighted by Gasteiger charge is -2.26. The summed E-state index contributed by atoms with van der Waals surface area (Å²) in [5.41, 5.74) is 0.846. The Morgan fingerprint density at radius 3 is 2.74 bits per heavy atom. The number of nitrogens with zero attached hydrogens (tertiary/aromatic N) is 3. The topological polar surface area (TPSA) is 63.5 Å². The predicted molar refractivity (Wildman–Crippen MR) is 89.6 cm³/mol. The second-order valence-corrected chi connectivity index (χ2v) is 5.67. The summed E-state index contributed by atoms with van der Waals surface area (Å²) >= 11 is 0. The molecule has 1 aliphatic heterocycles. The molecule has 1 aromatic carbocycles. The predicted octanol–water partition coefficient (Wildman–Crippen LogP) is 1.85. The number of hydrogen-bond donors (Lipinski definition) is 2. The van der Waals surface area contributed by atoms with Crippen LogP contribution in [0.2, 0.25) is 0 Å². The van der Waals surface area contributed by atoms with Crippen LogP contribution in [0, 0.1) is 17.1 Å². The SMILES string of the molecule is CN=C(NCCN1CCCCC1)NCc1ccc(C#N)cc1F. The number of aliphatic imine (C=N–C) groups is 1. The van der Waals surface area contributed by atoms with Gasteiger partial charge < -0.3 is 15.5 Å². The summed E-state index contributed by atoms with van der Waals surface area (Å²) in [6, 6.07) is 6.43. The molecule has 1 aliphatic rings. The van der Waals surface area contributed by atoms with Crippen molar-refractivity contribution in [3.8, 4) is 6.07 Å². The van der Waals surface area contributed by atoms with Crippen LogP contribution in [0.5, 0.6) is 0 Å². The number of nitriles is 1. The molecule has 5 nitrogen and oxygen atoms in total. The van der Waals surface area contributed by atoms with Crippen LogP contribution in [0.15, 0.2) is 23.2 Å². The highest BCUT2D eigenvalue weighted by Crippen LogP contribution is 2.09. The lowest BCUT2D eigenvalue weighted by atomic mass is 10.1. The van der Waals surface area contributed by atoms with Gasteiger partial charge in [-0.25, -0.2) is 4.39 Å². The van der Waals surface area contributed by atoms with E-state index >= 15 is 0 Å². The highest BCUT2D eigenvalue weighted by Gasteiger charge is 2.09. The van der Waals surface area contributed by atoms with E-state index in [2.05, 4.69) is 20.5 Å². The molecule has 1 saturated heterocycles. The second-order valence-electron chi connectivity index (χ2n) is 5.67. The monoisotopic (exact) mass is 317 g/mol. The fraction of sp³-hybridized carbons (Fsp3) is 0.529. The van der Waals surface area contributed by atoms with E-state index in [1.54, 1.807) is 19.2 Å². The van der Waals surface area contributed by atoms with Gasteiger partial charge in [0.15, 0.2) is 5.96 Å². The van der Waals surface area contributed by atoms with Crippen LogP contribution in [0.1, 0.15) is 30.4 Å². The van der Waals surface area contributed by atoms with Crippen molar-refractivity contribution in [3.63, 3.8) is 0 Å². The van der Waals surface area contributed by atoms with Crippen molar-refractivity contribution in [2.45, 2.75) is 25.8 Å². The van der Waals surface area contributed by atoms with Gasteiger partial charge >= 0.3 is 0 Å². The molecule has 0 unspecified atom stereocenters. The molecule has 0 saturated carbocycles. The van der Waals surface area contributed by atoms with Crippen LogP contribution in [-0.2, 0) is 6.54 Å². The average molecular weight is 317 g/mol. The van der Waals surface area contributed by atoms with Crippen molar-refractivity contribution in [1.82, 2.24) is 15.5 Å². The van der Waals surface area contributed by atoms with E-state index in [0.29, 0.717) is 23.6 Å². The van der Waals surface area contributed by atoms with E-state index < -0.39 is 0 Å². The Kier molecular flexibility index (Phi) is 6.82. The van der Waals surface area contributed by atoms with Gasteiger partial charge in [-0.15, -0.1) is 0 Å². The van der Waals surface area contributed by atoms with Gasteiger partial charge in [-0.05, 0) is 38.1 Å². The molecule has 1 aromatic rings. The Bertz CT molecular complexity index is 573. The van der Waals surface area contributed by atoms with E-state index in [4.69, 9.17) is 5.26 Å². The maximum absolute atomic E-state index is 13.8. The van der Waals surface area contributed by atoms with Gasteiger partial charge in [0, 0.05) is 32.2 Å². The zero-order valence-corrected chi connectivity index (χ0v) is 13.6. The van der Waals surface area contributed by atoms with E-state index in [9.17, 15) is 4.39 Å². The Balaban J connectivity index is 1.75. The molecule has 0 aromatic heterocycles. The first kappa shape index (κ1) is 17.2.